The van der Waals surface area contributed by atoms with Crippen molar-refractivity contribution in [3.05, 3.63) is 28.0 Å². The van der Waals surface area contributed by atoms with E-state index in [0.717, 1.165) is 6.20 Å². The van der Waals surface area contributed by atoms with Gasteiger partial charge in [-0.05, 0) is 22.0 Å². The van der Waals surface area contributed by atoms with Crippen LogP contribution in [0.5, 0.6) is 0 Å². The van der Waals surface area contributed by atoms with E-state index in [1.54, 1.807) is 0 Å². The molecule has 1 aromatic heterocycles. The maximum absolute atomic E-state index is 12.2. The van der Waals surface area contributed by atoms with E-state index in [1.807, 2.05) is 0 Å². The van der Waals surface area contributed by atoms with Crippen LogP contribution in [0.3, 0.4) is 0 Å². The largest absolute Gasteiger partial charge is 0.366 e. The number of carbonyl (C=O) groups is 1. The molecule has 0 saturated heterocycles. The minimum atomic E-state index is -2.73. The Morgan fingerprint density at radius 2 is 2.23 bits per heavy atom. The number of carbonyl (C=O) groups excluding carboxylic acids is 1. The van der Waals surface area contributed by atoms with Crippen molar-refractivity contribution in [3.63, 3.8) is 0 Å². The predicted molar refractivity (Wildman–Crippen MR) is 45.4 cm³/mol. The Labute approximate surface area is 81.1 Å². The molecule has 0 aliphatic carbocycles. The van der Waals surface area contributed by atoms with Gasteiger partial charge in [0.1, 0.15) is 5.69 Å². The summed E-state index contributed by atoms with van der Waals surface area (Å²) in [5, 5.41) is 0. The summed E-state index contributed by atoms with van der Waals surface area (Å²) < 4.78 is 24.4. The Balaban J connectivity index is 3.26. The molecule has 0 bridgehead atoms. The number of hydrogen-bond acceptors (Lipinski definition) is 2. The van der Waals surface area contributed by atoms with Crippen molar-refractivity contribution >= 4 is 21.8 Å². The molecule has 13 heavy (non-hydrogen) atoms. The fraction of sp³-hybridized carbons (Fsp3) is 0.143. The van der Waals surface area contributed by atoms with Gasteiger partial charge in [-0.3, -0.25) is 9.78 Å². The van der Waals surface area contributed by atoms with Crippen molar-refractivity contribution in [1.29, 1.82) is 0 Å². The first-order valence-corrected chi connectivity index (χ1v) is 4.05. The van der Waals surface area contributed by atoms with Crippen LogP contribution in [-0.4, -0.2) is 10.9 Å². The zero-order chi connectivity index (χ0) is 10.0. The Morgan fingerprint density at radius 1 is 1.62 bits per heavy atom. The van der Waals surface area contributed by atoms with Gasteiger partial charge >= 0.3 is 0 Å². The van der Waals surface area contributed by atoms with Gasteiger partial charge in [-0.15, -0.1) is 0 Å². The molecule has 1 amide bonds. The highest BCUT2D eigenvalue weighted by Gasteiger charge is 2.17. The molecule has 0 radical (unpaired) electrons. The first-order chi connectivity index (χ1) is 6.04. The lowest BCUT2D eigenvalue weighted by atomic mass is 10.2. The molecule has 0 spiro atoms. The van der Waals surface area contributed by atoms with Crippen LogP contribution in [0, 0.1) is 0 Å². The minimum absolute atomic E-state index is 0.00491. The number of rotatable bonds is 2. The molecule has 70 valence electrons. The monoisotopic (exact) mass is 250 g/mol. The van der Waals surface area contributed by atoms with Crippen LogP contribution < -0.4 is 5.73 Å². The smallest absolute Gasteiger partial charge is 0.281 e. The normalized spacial score (nSPS) is 10.5. The molecule has 2 N–H and O–H groups in total. The van der Waals surface area contributed by atoms with Crippen LogP contribution in [-0.2, 0) is 0 Å². The van der Waals surface area contributed by atoms with Crippen molar-refractivity contribution in [2.45, 2.75) is 6.43 Å². The summed E-state index contributed by atoms with van der Waals surface area (Å²) in [5.74, 6) is -0.767. The molecule has 0 aliphatic rings. The van der Waals surface area contributed by atoms with Crippen LogP contribution in [0.4, 0.5) is 8.78 Å². The summed E-state index contributed by atoms with van der Waals surface area (Å²) in [6.45, 7) is 0. The SMILES string of the molecule is NC(=O)c1ccnc(C(F)F)c1Br. The Hall–Kier alpha value is -1.04. The van der Waals surface area contributed by atoms with E-state index >= 15 is 0 Å². The van der Waals surface area contributed by atoms with Crippen LogP contribution >= 0.6 is 15.9 Å². The molecular weight excluding hydrogens is 246 g/mol. The van der Waals surface area contributed by atoms with Crippen molar-refractivity contribution in [3.8, 4) is 0 Å². The third-order valence-electron chi connectivity index (χ3n) is 1.39. The lowest BCUT2D eigenvalue weighted by Crippen LogP contribution is -2.13. The number of nitrogens with two attached hydrogens (primary N) is 1. The van der Waals surface area contributed by atoms with Crippen LogP contribution in [0.25, 0.3) is 0 Å². The lowest BCUT2D eigenvalue weighted by Gasteiger charge is -2.04. The van der Waals surface area contributed by atoms with E-state index in [2.05, 4.69) is 20.9 Å². The number of primary amides is 1. The number of amides is 1. The highest BCUT2D eigenvalue weighted by atomic mass is 79.9. The van der Waals surface area contributed by atoms with Crippen molar-refractivity contribution in [2.75, 3.05) is 0 Å². The number of pyridine rings is 1. The molecule has 0 atom stereocenters. The first-order valence-electron chi connectivity index (χ1n) is 3.26. The Kier molecular flexibility index (Phi) is 2.92. The standard InChI is InChI=1S/C7H5BrF2N2O/c8-4-3(7(11)13)1-2-12-5(4)6(9)10/h1-2,6H,(H2,11,13). The number of nitrogens with zero attached hydrogens (tertiary/aromatic N) is 1. The van der Waals surface area contributed by atoms with Crippen LogP contribution in [0.15, 0.2) is 16.7 Å². The van der Waals surface area contributed by atoms with Crippen molar-refractivity contribution in [1.82, 2.24) is 4.98 Å². The molecule has 0 saturated carbocycles. The quantitative estimate of drug-likeness (QED) is 0.872. The summed E-state index contributed by atoms with van der Waals surface area (Å²) >= 11 is 2.84. The summed E-state index contributed by atoms with van der Waals surface area (Å²) in [7, 11) is 0. The summed E-state index contributed by atoms with van der Waals surface area (Å²) in [6.07, 6.45) is -1.61. The van der Waals surface area contributed by atoms with E-state index in [-0.39, 0.29) is 10.0 Å². The highest BCUT2D eigenvalue weighted by molar-refractivity contribution is 9.10. The van der Waals surface area contributed by atoms with Gasteiger partial charge in [0.25, 0.3) is 6.43 Å². The van der Waals surface area contributed by atoms with Gasteiger partial charge in [-0.25, -0.2) is 8.78 Å². The number of alkyl halides is 2. The zero-order valence-corrected chi connectivity index (χ0v) is 7.88. The molecular formula is C7H5BrF2N2O. The van der Waals surface area contributed by atoms with Gasteiger partial charge < -0.3 is 5.73 Å². The topological polar surface area (TPSA) is 56.0 Å². The van der Waals surface area contributed by atoms with Crippen molar-refractivity contribution < 1.29 is 13.6 Å². The zero-order valence-electron chi connectivity index (χ0n) is 6.30. The molecule has 1 rings (SSSR count). The molecule has 0 unspecified atom stereocenters. The van der Waals surface area contributed by atoms with E-state index in [0.29, 0.717) is 0 Å². The molecule has 0 aliphatic heterocycles. The second-order valence-electron chi connectivity index (χ2n) is 2.22. The van der Waals surface area contributed by atoms with Crippen molar-refractivity contribution in [2.24, 2.45) is 5.73 Å². The second kappa shape index (κ2) is 3.78. The number of hydrogen-bond donors (Lipinski definition) is 1. The summed E-state index contributed by atoms with van der Waals surface area (Å²) in [6, 6.07) is 1.28. The number of halogens is 3. The Bertz CT molecular complexity index is 343. The van der Waals surface area contributed by atoms with E-state index < -0.39 is 18.0 Å². The van der Waals surface area contributed by atoms with Crippen LogP contribution in [0.1, 0.15) is 22.5 Å². The fourth-order valence-corrected chi connectivity index (χ4v) is 1.41. The highest BCUT2D eigenvalue weighted by Crippen LogP contribution is 2.27. The van der Waals surface area contributed by atoms with E-state index in [9.17, 15) is 13.6 Å². The van der Waals surface area contributed by atoms with Crippen LogP contribution in [0.2, 0.25) is 0 Å². The third-order valence-corrected chi connectivity index (χ3v) is 2.22. The molecule has 0 fully saturated rings. The van der Waals surface area contributed by atoms with E-state index in [1.165, 1.54) is 6.07 Å². The van der Waals surface area contributed by atoms with Gasteiger partial charge in [-0.1, -0.05) is 0 Å². The van der Waals surface area contributed by atoms with Gasteiger partial charge in [0.2, 0.25) is 5.91 Å². The molecule has 0 aromatic carbocycles. The van der Waals surface area contributed by atoms with E-state index in [4.69, 9.17) is 5.73 Å². The third kappa shape index (κ3) is 2.00. The molecule has 6 heteroatoms. The summed E-state index contributed by atoms with van der Waals surface area (Å²) in [4.78, 5) is 14.1. The van der Waals surface area contributed by atoms with Gasteiger partial charge in [0.15, 0.2) is 0 Å². The first kappa shape index (κ1) is 10.0. The maximum atomic E-state index is 12.2. The number of aromatic nitrogens is 1. The maximum Gasteiger partial charge on any atom is 0.281 e. The second-order valence-corrected chi connectivity index (χ2v) is 3.02. The lowest BCUT2D eigenvalue weighted by molar-refractivity contribution is 0.0998. The Morgan fingerprint density at radius 3 is 2.69 bits per heavy atom. The summed E-state index contributed by atoms with van der Waals surface area (Å²) in [5.41, 5.74) is 4.47. The molecule has 3 nitrogen and oxygen atoms in total. The van der Waals surface area contributed by atoms with Gasteiger partial charge in [-0.2, -0.15) is 0 Å². The predicted octanol–water partition coefficient (Wildman–Crippen LogP) is 1.88. The van der Waals surface area contributed by atoms with Gasteiger partial charge in [0.05, 0.1) is 10.0 Å². The molecule has 1 aromatic rings. The molecule has 1 heterocycles. The fourth-order valence-electron chi connectivity index (χ4n) is 0.802. The minimum Gasteiger partial charge on any atom is -0.366 e. The average Bonchev–Trinajstić information content (AvgIpc) is 2.03. The van der Waals surface area contributed by atoms with Gasteiger partial charge in [0, 0.05) is 6.20 Å². The average molecular weight is 251 g/mol.